The van der Waals surface area contributed by atoms with Crippen LogP contribution in [0.4, 0.5) is 0 Å². The van der Waals surface area contributed by atoms with Gasteiger partial charge in [0, 0.05) is 26.1 Å². The highest BCUT2D eigenvalue weighted by Crippen LogP contribution is 2.22. The number of carboxylic acid groups (broad SMARTS) is 1. The number of hydrogen-bond acceptors (Lipinski definition) is 4. The van der Waals surface area contributed by atoms with Crippen LogP contribution in [0, 0.1) is 17.8 Å². The van der Waals surface area contributed by atoms with Crippen molar-refractivity contribution in [2.75, 3.05) is 32.7 Å². The molecule has 2 fully saturated rings. The third-order valence-corrected chi connectivity index (χ3v) is 6.87. The molecule has 2 aliphatic rings. The molecule has 2 amide bonds. The maximum Gasteiger partial charge on any atom is 0.308 e. The minimum atomic E-state index is -0.889. The monoisotopic (exact) mass is 443 g/mol. The van der Waals surface area contributed by atoms with E-state index in [1.165, 1.54) is 0 Å². The molecule has 7 heteroatoms. The second-order valence-corrected chi connectivity index (χ2v) is 9.22. The van der Waals surface area contributed by atoms with Crippen LogP contribution in [-0.4, -0.2) is 60.5 Å². The molecule has 1 aromatic carbocycles. The Morgan fingerprint density at radius 2 is 1.88 bits per heavy atom. The van der Waals surface area contributed by atoms with Gasteiger partial charge in [0.25, 0.3) is 0 Å². The van der Waals surface area contributed by atoms with Crippen LogP contribution in [0.5, 0.6) is 0 Å². The summed E-state index contributed by atoms with van der Waals surface area (Å²) in [7, 11) is 0. The van der Waals surface area contributed by atoms with E-state index in [1.807, 2.05) is 35.2 Å². The molecule has 3 rings (SSSR count). The third kappa shape index (κ3) is 7.62. The Bertz CT molecular complexity index is 749. The lowest BCUT2D eigenvalue weighted by atomic mass is 9.92. The molecule has 0 spiro atoms. The first kappa shape index (κ1) is 24.2. The highest BCUT2D eigenvalue weighted by Gasteiger charge is 2.29. The van der Waals surface area contributed by atoms with Crippen molar-refractivity contribution in [3.8, 4) is 0 Å². The van der Waals surface area contributed by atoms with E-state index in [4.69, 9.17) is 0 Å². The molecule has 3 N–H and O–H groups in total. The minimum Gasteiger partial charge on any atom is -0.481 e. The predicted octanol–water partition coefficient (Wildman–Crippen LogP) is 2.45. The number of carbonyl (C=O) groups is 3. The third-order valence-electron chi connectivity index (χ3n) is 6.87. The van der Waals surface area contributed by atoms with E-state index in [1.54, 1.807) is 0 Å². The molecule has 176 valence electrons. The molecular weight excluding hydrogens is 406 g/mol. The zero-order valence-corrected chi connectivity index (χ0v) is 18.9. The van der Waals surface area contributed by atoms with E-state index in [0.29, 0.717) is 38.3 Å². The van der Waals surface area contributed by atoms with Gasteiger partial charge in [0.05, 0.1) is 11.8 Å². The number of aliphatic carboxylic acids is 1. The average Bonchev–Trinajstić information content (AvgIpc) is 2.83. The van der Waals surface area contributed by atoms with Crippen molar-refractivity contribution in [3.05, 3.63) is 35.9 Å². The molecule has 7 nitrogen and oxygen atoms in total. The summed E-state index contributed by atoms with van der Waals surface area (Å²) < 4.78 is 0. The second-order valence-electron chi connectivity index (χ2n) is 9.22. The summed E-state index contributed by atoms with van der Waals surface area (Å²) in [6.07, 6.45) is 6.44. The number of nitrogens with one attached hydrogen (secondary N) is 2. The summed E-state index contributed by atoms with van der Waals surface area (Å²) in [4.78, 5) is 38.9. The van der Waals surface area contributed by atoms with Gasteiger partial charge in [-0.2, -0.15) is 0 Å². The van der Waals surface area contributed by atoms with Crippen LogP contribution in [-0.2, 0) is 20.8 Å². The number of likely N-dealkylation sites (tertiary alicyclic amines) is 1. The number of hydrogen-bond donors (Lipinski definition) is 3. The number of carboxylic acids is 1. The Kier molecular flexibility index (Phi) is 9.53. The molecule has 0 radical (unpaired) electrons. The molecule has 0 aromatic heterocycles. The second kappa shape index (κ2) is 12.6. The Balaban J connectivity index is 1.42. The molecule has 0 unspecified atom stereocenters. The number of piperidine rings is 2. The summed E-state index contributed by atoms with van der Waals surface area (Å²) in [5.74, 6) is -1.13. The van der Waals surface area contributed by atoms with E-state index in [9.17, 15) is 19.5 Å². The van der Waals surface area contributed by atoms with E-state index < -0.39 is 11.9 Å². The SMILES string of the molecule is O=C(O)[C@H](CCc1ccccc1)CNC(=O)[C@@H]1CCCN(C(=O)CCC2CCNCC2)C1. The first-order valence-electron chi connectivity index (χ1n) is 12.1. The number of rotatable bonds is 10. The van der Waals surface area contributed by atoms with Gasteiger partial charge in [-0.05, 0) is 69.5 Å². The summed E-state index contributed by atoms with van der Waals surface area (Å²) in [5, 5.41) is 15.7. The van der Waals surface area contributed by atoms with Crippen molar-refractivity contribution in [1.82, 2.24) is 15.5 Å². The van der Waals surface area contributed by atoms with Gasteiger partial charge in [-0.15, -0.1) is 0 Å². The van der Waals surface area contributed by atoms with Gasteiger partial charge < -0.3 is 20.6 Å². The van der Waals surface area contributed by atoms with Crippen LogP contribution in [0.3, 0.4) is 0 Å². The van der Waals surface area contributed by atoms with Gasteiger partial charge in [-0.25, -0.2) is 0 Å². The minimum absolute atomic E-state index is 0.126. The number of amides is 2. The average molecular weight is 444 g/mol. The van der Waals surface area contributed by atoms with Gasteiger partial charge in [0.15, 0.2) is 0 Å². The number of nitrogens with zero attached hydrogens (tertiary/aromatic N) is 1. The number of carbonyl (C=O) groups excluding carboxylic acids is 2. The fourth-order valence-corrected chi connectivity index (χ4v) is 4.74. The summed E-state index contributed by atoms with van der Waals surface area (Å²) in [5.41, 5.74) is 1.09. The quantitative estimate of drug-likeness (QED) is 0.516. The van der Waals surface area contributed by atoms with Gasteiger partial charge in [-0.3, -0.25) is 14.4 Å². The van der Waals surface area contributed by atoms with E-state index >= 15 is 0 Å². The standard InChI is InChI=1S/C25H37N3O4/c29-23(11-9-20-12-14-26-15-13-20)28-16-4-7-22(18-28)24(30)27-17-21(25(31)32)10-8-19-5-2-1-3-6-19/h1-3,5-6,20-22,26H,4,7-18H2,(H,27,30)(H,31,32)/t21-,22-/m1/s1. The topological polar surface area (TPSA) is 98.7 Å². The largest absolute Gasteiger partial charge is 0.481 e. The van der Waals surface area contributed by atoms with Crippen molar-refractivity contribution in [2.45, 2.75) is 51.4 Å². The summed E-state index contributed by atoms with van der Waals surface area (Å²) in [6, 6.07) is 9.78. The molecular formula is C25H37N3O4. The van der Waals surface area contributed by atoms with Crippen LogP contribution >= 0.6 is 0 Å². The maximum absolute atomic E-state index is 12.7. The maximum atomic E-state index is 12.7. The Morgan fingerprint density at radius 1 is 1.12 bits per heavy atom. The van der Waals surface area contributed by atoms with Gasteiger partial charge in [0.2, 0.25) is 11.8 Å². The zero-order valence-electron chi connectivity index (χ0n) is 18.9. The van der Waals surface area contributed by atoms with Crippen LogP contribution in [0.15, 0.2) is 30.3 Å². The molecule has 32 heavy (non-hydrogen) atoms. The highest BCUT2D eigenvalue weighted by atomic mass is 16.4. The highest BCUT2D eigenvalue weighted by molar-refractivity contribution is 5.82. The molecule has 2 heterocycles. The molecule has 0 bridgehead atoms. The number of benzene rings is 1. The van der Waals surface area contributed by atoms with Crippen LogP contribution in [0.2, 0.25) is 0 Å². The summed E-state index contributed by atoms with van der Waals surface area (Å²) >= 11 is 0. The zero-order chi connectivity index (χ0) is 22.8. The normalized spacial score (nSPS) is 20.5. The van der Waals surface area contributed by atoms with Crippen molar-refractivity contribution in [1.29, 1.82) is 0 Å². The van der Waals surface area contributed by atoms with Crippen LogP contribution in [0.1, 0.15) is 50.5 Å². The first-order chi connectivity index (χ1) is 15.5. The smallest absolute Gasteiger partial charge is 0.308 e. The predicted molar refractivity (Wildman–Crippen MR) is 123 cm³/mol. The summed E-state index contributed by atoms with van der Waals surface area (Å²) in [6.45, 7) is 3.35. The van der Waals surface area contributed by atoms with Gasteiger partial charge in [-0.1, -0.05) is 30.3 Å². The Labute approximate surface area is 190 Å². The van der Waals surface area contributed by atoms with Crippen molar-refractivity contribution >= 4 is 17.8 Å². The van der Waals surface area contributed by atoms with Crippen LogP contribution in [0.25, 0.3) is 0 Å². The molecule has 1 aromatic rings. The van der Waals surface area contributed by atoms with Crippen molar-refractivity contribution in [2.24, 2.45) is 17.8 Å². The fourth-order valence-electron chi connectivity index (χ4n) is 4.74. The van der Waals surface area contributed by atoms with E-state index in [2.05, 4.69) is 10.6 Å². The molecule has 0 saturated carbocycles. The number of aryl methyl sites for hydroxylation is 1. The lowest BCUT2D eigenvalue weighted by Gasteiger charge is -2.33. The molecule has 0 aliphatic carbocycles. The lowest BCUT2D eigenvalue weighted by molar-refractivity contribution is -0.142. The van der Waals surface area contributed by atoms with Crippen molar-refractivity contribution < 1.29 is 19.5 Å². The van der Waals surface area contributed by atoms with Gasteiger partial charge >= 0.3 is 5.97 Å². The Morgan fingerprint density at radius 3 is 2.59 bits per heavy atom. The van der Waals surface area contributed by atoms with Crippen molar-refractivity contribution in [3.63, 3.8) is 0 Å². The Hall–Kier alpha value is -2.41. The molecule has 2 atom stereocenters. The van der Waals surface area contributed by atoms with Crippen LogP contribution < -0.4 is 10.6 Å². The first-order valence-corrected chi connectivity index (χ1v) is 12.1. The van der Waals surface area contributed by atoms with E-state index in [0.717, 1.165) is 50.8 Å². The molecule has 2 aliphatic heterocycles. The lowest BCUT2D eigenvalue weighted by Crippen LogP contribution is -2.46. The molecule has 2 saturated heterocycles. The van der Waals surface area contributed by atoms with E-state index in [-0.39, 0.29) is 24.3 Å². The fraction of sp³-hybridized carbons (Fsp3) is 0.640. The van der Waals surface area contributed by atoms with Gasteiger partial charge in [0.1, 0.15) is 0 Å².